The van der Waals surface area contributed by atoms with E-state index in [1.54, 1.807) is 21.3 Å². The fraction of sp³-hybridized carbons (Fsp3) is 1.00. The van der Waals surface area contributed by atoms with Crippen molar-refractivity contribution in [2.75, 3.05) is 106 Å². The zero-order valence-corrected chi connectivity index (χ0v) is 22.9. The zero-order chi connectivity index (χ0) is 23.8. The van der Waals surface area contributed by atoms with Gasteiger partial charge < -0.3 is 47.1 Å². The van der Waals surface area contributed by atoms with Gasteiger partial charge in [-0.25, -0.2) is 0 Å². The van der Waals surface area contributed by atoms with Crippen LogP contribution in [0.3, 0.4) is 0 Å². The van der Waals surface area contributed by atoms with Crippen LogP contribution in [0.1, 0.15) is 12.8 Å². The molecule has 0 saturated carbocycles. The summed E-state index contributed by atoms with van der Waals surface area (Å²) in [5.74, 6) is -0.925. The highest BCUT2D eigenvalue weighted by Gasteiger charge is 2.43. The first-order valence-electron chi connectivity index (χ1n) is 10.9. The zero-order valence-electron chi connectivity index (χ0n) is 20.1. The van der Waals surface area contributed by atoms with Crippen molar-refractivity contribution in [2.24, 2.45) is 0 Å². The summed E-state index contributed by atoms with van der Waals surface area (Å²) in [7, 11) is 5.35. The maximum atomic E-state index is 6.10. The summed E-state index contributed by atoms with van der Waals surface area (Å²) in [6.45, 7) is 4.78. The van der Waals surface area contributed by atoms with Crippen LogP contribution in [0.25, 0.3) is 0 Å². The Morgan fingerprint density at radius 3 is 1.31 bits per heavy atom. The topological polar surface area (TPSA) is 92.3 Å². The molecule has 0 aromatic carbocycles. The van der Waals surface area contributed by atoms with Crippen molar-refractivity contribution in [3.05, 3.63) is 0 Å². The molecule has 32 heavy (non-hydrogen) atoms. The van der Waals surface area contributed by atoms with E-state index in [-0.39, 0.29) is 19.8 Å². The minimum Gasteiger partial charge on any atom is -0.417 e. The van der Waals surface area contributed by atoms with Gasteiger partial charge in [0.15, 0.2) is 0 Å². The molecule has 0 bridgehead atoms. The lowest BCUT2D eigenvalue weighted by molar-refractivity contribution is -0.413. The average Bonchev–Trinajstić information content (AvgIpc) is 2.81. The van der Waals surface area contributed by atoms with Gasteiger partial charge in [-0.3, -0.25) is 0 Å². The third-order valence-corrected chi connectivity index (χ3v) is 5.00. The van der Waals surface area contributed by atoms with Gasteiger partial charge in [0.25, 0.3) is 0 Å². The monoisotopic (exact) mass is 506 g/mol. The number of rotatable bonds is 26. The molecule has 0 saturated heterocycles. The van der Waals surface area contributed by atoms with Crippen molar-refractivity contribution < 1.29 is 47.1 Å². The Balaban J connectivity index is 5.03. The molecule has 0 N–H and O–H groups in total. The van der Waals surface area contributed by atoms with Crippen LogP contribution < -0.4 is 0 Å². The van der Waals surface area contributed by atoms with Gasteiger partial charge >= 0.3 is 5.97 Å². The molecule has 0 aliphatic heterocycles. The summed E-state index contributed by atoms with van der Waals surface area (Å²) >= 11 is 5.92. The first-order chi connectivity index (χ1) is 15.7. The van der Waals surface area contributed by atoms with E-state index in [0.29, 0.717) is 82.2 Å². The summed E-state index contributed by atoms with van der Waals surface area (Å²) in [5, 5.41) is 0. The van der Waals surface area contributed by atoms with Gasteiger partial charge in [0.1, 0.15) is 16.6 Å². The highest BCUT2D eigenvalue weighted by atomic mass is 35.5. The van der Waals surface area contributed by atoms with Crippen LogP contribution in [0.4, 0.5) is 0 Å². The summed E-state index contributed by atoms with van der Waals surface area (Å²) in [6, 6.07) is 0. The second kappa shape index (κ2) is 24.2. The van der Waals surface area contributed by atoms with Gasteiger partial charge in [0.05, 0.1) is 79.3 Å². The van der Waals surface area contributed by atoms with Crippen LogP contribution in [0.5, 0.6) is 0 Å². The number of ether oxygens (including phenoxy) is 9. The van der Waals surface area contributed by atoms with E-state index in [0.717, 1.165) is 6.42 Å². The number of hydrogen-bond acceptors (Lipinski definition) is 10. The largest absolute Gasteiger partial charge is 0.417 e. The van der Waals surface area contributed by atoms with Crippen molar-refractivity contribution in [1.29, 1.82) is 0 Å². The molecule has 0 rings (SSSR count). The first kappa shape index (κ1) is 32.1. The molecule has 0 spiro atoms. The predicted molar refractivity (Wildman–Crippen MR) is 123 cm³/mol. The van der Waals surface area contributed by atoms with Crippen LogP contribution in [-0.2, 0) is 47.1 Å². The number of methoxy groups -OCH3 is 3. The molecule has 0 aromatic rings. The smallest absolute Gasteiger partial charge is 0.309 e. The maximum Gasteiger partial charge on any atom is 0.309 e. The molecule has 12 heteroatoms. The number of alkyl halides is 1. The van der Waals surface area contributed by atoms with E-state index in [4.69, 9.17) is 58.7 Å². The molecule has 10 nitrogen and oxygen atoms in total. The molecule has 1 unspecified atom stereocenters. The van der Waals surface area contributed by atoms with Gasteiger partial charge in [-0.2, -0.15) is 0 Å². The van der Waals surface area contributed by atoms with Crippen molar-refractivity contribution >= 4 is 22.1 Å². The van der Waals surface area contributed by atoms with E-state index < -0.39 is 12.1 Å². The lowest BCUT2D eigenvalue weighted by Gasteiger charge is -2.39. The normalized spacial score (nSPS) is 13.1. The summed E-state index contributed by atoms with van der Waals surface area (Å²) < 4.78 is 55.6. The second-order valence-electron chi connectivity index (χ2n) is 6.52. The predicted octanol–water partition coefficient (Wildman–Crippen LogP) is 0.364. The lowest BCUT2D eigenvalue weighted by atomic mass is 10.1. The van der Waals surface area contributed by atoms with E-state index in [1.165, 1.54) is 0 Å². The molecule has 0 heterocycles. The third kappa shape index (κ3) is 16.7. The van der Waals surface area contributed by atoms with Crippen LogP contribution in [0, 0.1) is 0 Å². The van der Waals surface area contributed by atoms with Gasteiger partial charge in [0, 0.05) is 27.2 Å². The van der Waals surface area contributed by atoms with Crippen LogP contribution in [-0.4, -0.2) is 129 Å². The average molecular weight is 507 g/mol. The first-order valence-corrected chi connectivity index (χ1v) is 12.3. The number of halogens is 1. The second-order valence-corrected chi connectivity index (χ2v) is 7.37. The molecular weight excluding hydrogens is 464 g/mol. The Kier molecular flexibility index (Phi) is 24.3. The molecule has 0 aromatic heterocycles. The SMILES string of the molecule is COCCOCCOC(OCCOCCOC)(OCCOCCOC)C(CCCCl)O[SiH3]. The molecular formula is C20H43ClO10Si. The molecule has 0 fully saturated rings. The molecule has 0 aliphatic rings. The minimum atomic E-state index is -1.42. The van der Waals surface area contributed by atoms with Crippen LogP contribution in [0.2, 0.25) is 0 Å². The number of hydrogen-bond donors (Lipinski definition) is 0. The van der Waals surface area contributed by atoms with Crippen molar-refractivity contribution in [3.8, 4) is 0 Å². The van der Waals surface area contributed by atoms with Gasteiger partial charge in [-0.15, -0.1) is 11.6 Å². The van der Waals surface area contributed by atoms with Crippen LogP contribution in [0.15, 0.2) is 0 Å². The highest BCUT2D eigenvalue weighted by Crippen LogP contribution is 2.26. The quantitative estimate of drug-likeness (QED) is 0.0708. The Hall–Kier alpha value is 0.107. The van der Waals surface area contributed by atoms with E-state index >= 15 is 0 Å². The van der Waals surface area contributed by atoms with Crippen molar-refractivity contribution in [3.63, 3.8) is 0 Å². The summed E-state index contributed by atoms with van der Waals surface area (Å²) in [4.78, 5) is 0. The standard InChI is InChI=1S/C20H43ClO10Si/c1-22-7-10-25-13-16-28-20(19(31-32)5-4-6-21,29-17-14-26-11-8-23-2)30-18-15-27-12-9-24-3/h19H,4-18H2,1-3,32H3. The Bertz CT molecular complexity index is 343. The Morgan fingerprint density at radius 2 is 1.00 bits per heavy atom. The van der Waals surface area contributed by atoms with Crippen molar-refractivity contribution in [1.82, 2.24) is 0 Å². The van der Waals surface area contributed by atoms with Gasteiger partial charge in [-0.1, -0.05) is 0 Å². The molecule has 0 radical (unpaired) electrons. The maximum absolute atomic E-state index is 6.10. The molecule has 0 amide bonds. The van der Waals surface area contributed by atoms with Gasteiger partial charge in [0.2, 0.25) is 0 Å². The summed E-state index contributed by atoms with van der Waals surface area (Å²) in [5.41, 5.74) is 0. The Morgan fingerprint density at radius 1 is 0.625 bits per heavy atom. The molecule has 1 atom stereocenters. The summed E-state index contributed by atoms with van der Waals surface area (Å²) in [6.07, 6.45) is 0.891. The van der Waals surface area contributed by atoms with Crippen LogP contribution >= 0.6 is 11.6 Å². The fourth-order valence-electron chi connectivity index (χ4n) is 2.57. The van der Waals surface area contributed by atoms with E-state index in [9.17, 15) is 0 Å². The highest BCUT2D eigenvalue weighted by molar-refractivity contribution is 6.17. The molecule has 0 aliphatic carbocycles. The Labute approximate surface area is 200 Å². The van der Waals surface area contributed by atoms with Gasteiger partial charge in [-0.05, 0) is 12.8 Å². The van der Waals surface area contributed by atoms with Crippen molar-refractivity contribution in [2.45, 2.75) is 24.9 Å². The molecule has 194 valence electrons. The fourth-order valence-corrected chi connectivity index (χ4v) is 3.25. The van der Waals surface area contributed by atoms with E-state index in [2.05, 4.69) is 0 Å². The third-order valence-electron chi connectivity index (χ3n) is 4.17. The lowest BCUT2D eigenvalue weighted by Crippen LogP contribution is -2.52. The van der Waals surface area contributed by atoms with E-state index in [1.807, 2.05) is 0 Å². The minimum absolute atomic E-state index is 0.251.